The molecule has 2 fully saturated rings. The zero-order valence-corrected chi connectivity index (χ0v) is 11.4. The molecule has 2 aliphatic rings. The Morgan fingerprint density at radius 3 is 2.83 bits per heavy atom. The number of amides is 1. The van der Waals surface area contributed by atoms with E-state index in [0.717, 1.165) is 32.5 Å². The molecule has 0 saturated carbocycles. The maximum atomic E-state index is 12.0. The topological polar surface area (TPSA) is 44.4 Å². The van der Waals surface area contributed by atoms with E-state index in [-0.39, 0.29) is 11.9 Å². The van der Waals surface area contributed by atoms with Crippen LogP contribution >= 0.6 is 0 Å². The van der Waals surface area contributed by atoms with Crippen LogP contribution in [0.1, 0.15) is 44.9 Å². The van der Waals surface area contributed by atoms with Crippen LogP contribution in [0.2, 0.25) is 0 Å². The predicted molar refractivity (Wildman–Crippen MR) is 73.6 cm³/mol. The zero-order valence-electron chi connectivity index (χ0n) is 11.4. The highest BCUT2D eigenvalue weighted by Gasteiger charge is 2.18. The number of carbonyl (C=O) groups excluding carboxylic acids is 1. The summed E-state index contributed by atoms with van der Waals surface area (Å²) in [6.45, 7) is 5.45. The molecule has 2 heterocycles. The van der Waals surface area contributed by atoms with Crippen LogP contribution in [0, 0.1) is 0 Å². The van der Waals surface area contributed by atoms with Crippen molar-refractivity contribution in [2.75, 3.05) is 32.7 Å². The van der Waals surface area contributed by atoms with Crippen LogP contribution in [0.5, 0.6) is 0 Å². The number of hydrogen-bond acceptors (Lipinski definition) is 3. The predicted octanol–water partition coefficient (Wildman–Crippen LogP) is 1.12. The molecule has 0 radical (unpaired) electrons. The molecule has 0 aromatic rings. The third-order valence-corrected chi connectivity index (χ3v) is 4.03. The molecular formula is C14H27N3O. The fourth-order valence-corrected chi connectivity index (χ4v) is 2.90. The molecule has 1 amide bonds. The third kappa shape index (κ3) is 4.58. The van der Waals surface area contributed by atoms with Gasteiger partial charge in [0.2, 0.25) is 5.91 Å². The van der Waals surface area contributed by atoms with E-state index in [2.05, 4.69) is 15.5 Å². The summed E-state index contributed by atoms with van der Waals surface area (Å²) in [6, 6.07) is 0.0549. The van der Waals surface area contributed by atoms with Crippen molar-refractivity contribution >= 4 is 5.91 Å². The first kappa shape index (κ1) is 13.8. The summed E-state index contributed by atoms with van der Waals surface area (Å²) in [6.07, 6.45) is 8.41. The second-order valence-corrected chi connectivity index (χ2v) is 5.55. The van der Waals surface area contributed by atoms with Crippen LogP contribution in [0.15, 0.2) is 0 Å². The van der Waals surface area contributed by atoms with Crippen LogP contribution in [0.3, 0.4) is 0 Å². The number of likely N-dealkylation sites (tertiary alicyclic amines) is 1. The number of hydrogen-bond donors (Lipinski definition) is 2. The van der Waals surface area contributed by atoms with Gasteiger partial charge in [-0.05, 0) is 58.3 Å². The first-order chi connectivity index (χ1) is 8.86. The van der Waals surface area contributed by atoms with E-state index in [9.17, 15) is 4.79 Å². The van der Waals surface area contributed by atoms with Crippen molar-refractivity contribution in [3.63, 3.8) is 0 Å². The summed E-state index contributed by atoms with van der Waals surface area (Å²) in [5.41, 5.74) is 0. The summed E-state index contributed by atoms with van der Waals surface area (Å²) < 4.78 is 0. The van der Waals surface area contributed by atoms with Crippen LogP contribution in [0.25, 0.3) is 0 Å². The summed E-state index contributed by atoms with van der Waals surface area (Å²) in [7, 11) is 0. The van der Waals surface area contributed by atoms with Crippen molar-refractivity contribution in [2.45, 2.75) is 51.0 Å². The number of rotatable bonds is 5. The van der Waals surface area contributed by atoms with Gasteiger partial charge in [0.1, 0.15) is 0 Å². The van der Waals surface area contributed by atoms with E-state index in [1.165, 1.54) is 45.2 Å². The Hall–Kier alpha value is -0.610. The van der Waals surface area contributed by atoms with Crippen LogP contribution in [-0.4, -0.2) is 49.6 Å². The number of carbonyl (C=O) groups is 1. The van der Waals surface area contributed by atoms with E-state index in [1.807, 2.05) is 0 Å². The molecule has 0 aliphatic carbocycles. The molecule has 4 nitrogen and oxygen atoms in total. The van der Waals surface area contributed by atoms with Gasteiger partial charge in [0, 0.05) is 6.54 Å². The number of nitrogens with one attached hydrogen (secondary N) is 2. The molecule has 0 spiro atoms. The monoisotopic (exact) mass is 253 g/mol. The van der Waals surface area contributed by atoms with E-state index in [1.54, 1.807) is 0 Å². The number of nitrogens with zero attached hydrogens (tertiary/aromatic N) is 1. The lowest BCUT2D eigenvalue weighted by Crippen LogP contribution is -2.44. The third-order valence-electron chi connectivity index (χ3n) is 4.03. The van der Waals surface area contributed by atoms with Gasteiger partial charge in [-0.3, -0.25) is 4.79 Å². The van der Waals surface area contributed by atoms with Gasteiger partial charge in [-0.1, -0.05) is 12.8 Å². The maximum absolute atomic E-state index is 12.0. The lowest BCUT2D eigenvalue weighted by Gasteiger charge is -2.17. The molecule has 1 atom stereocenters. The highest BCUT2D eigenvalue weighted by Crippen LogP contribution is 2.09. The van der Waals surface area contributed by atoms with E-state index < -0.39 is 0 Å². The summed E-state index contributed by atoms with van der Waals surface area (Å²) in [5, 5.41) is 6.42. The minimum atomic E-state index is 0.0549. The smallest absolute Gasteiger partial charge is 0.237 e. The van der Waals surface area contributed by atoms with Gasteiger partial charge in [0.25, 0.3) is 0 Å². The highest BCUT2D eigenvalue weighted by molar-refractivity contribution is 5.81. The second kappa shape index (κ2) is 7.74. The average Bonchev–Trinajstić information content (AvgIpc) is 2.74. The van der Waals surface area contributed by atoms with Crippen molar-refractivity contribution in [1.29, 1.82) is 0 Å². The zero-order chi connectivity index (χ0) is 12.6. The maximum Gasteiger partial charge on any atom is 0.237 e. The molecular weight excluding hydrogens is 226 g/mol. The largest absolute Gasteiger partial charge is 0.355 e. The Labute approximate surface area is 110 Å². The van der Waals surface area contributed by atoms with Gasteiger partial charge in [-0.2, -0.15) is 0 Å². The molecule has 2 saturated heterocycles. The Balaban J connectivity index is 1.55. The van der Waals surface area contributed by atoms with Crippen molar-refractivity contribution in [1.82, 2.24) is 15.5 Å². The normalized spacial score (nSPS) is 25.9. The van der Waals surface area contributed by atoms with Crippen LogP contribution in [0.4, 0.5) is 0 Å². The molecule has 2 aliphatic heterocycles. The van der Waals surface area contributed by atoms with Crippen LogP contribution < -0.4 is 10.6 Å². The highest BCUT2D eigenvalue weighted by atomic mass is 16.2. The summed E-state index contributed by atoms with van der Waals surface area (Å²) >= 11 is 0. The fourth-order valence-electron chi connectivity index (χ4n) is 2.90. The van der Waals surface area contributed by atoms with Crippen LogP contribution in [-0.2, 0) is 4.79 Å². The molecule has 0 aromatic carbocycles. The summed E-state index contributed by atoms with van der Waals surface area (Å²) in [4.78, 5) is 14.5. The van der Waals surface area contributed by atoms with Gasteiger partial charge in [0.15, 0.2) is 0 Å². The SMILES string of the molecule is O=C(NCCCN1CCCC1)C1CCCCCN1. The Kier molecular flexibility index (Phi) is 5.94. The first-order valence-corrected chi connectivity index (χ1v) is 7.60. The van der Waals surface area contributed by atoms with Crippen molar-refractivity contribution in [3.05, 3.63) is 0 Å². The van der Waals surface area contributed by atoms with Gasteiger partial charge in [-0.15, -0.1) is 0 Å². The molecule has 2 N–H and O–H groups in total. The van der Waals surface area contributed by atoms with Crippen molar-refractivity contribution in [2.24, 2.45) is 0 Å². The molecule has 0 aromatic heterocycles. The Morgan fingerprint density at radius 1 is 1.17 bits per heavy atom. The molecule has 0 bridgehead atoms. The molecule has 1 unspecified atom stereocenters. The van der Waals surface area contributed by atoms with E-state index in [0.29, 0.717) is 0 Å². The molecule has 2 rings (SSSR count). The molecule has 104 valence electrons. The quantitative estimate of drug-likeness (QED) is 0.722. The van der Waals surface area contributed by atoms with E-state index >= 15 is 0 Å². The lowest BCUT2D eigenvalue weighted by atomic mass is 10.1. The van der Waals surface area contributed by atoms with Gasteiger partial charge < -0.3 is 15.5 Å². The Bertz CT molecular complexity index is 243. The second-order valence-electron chi connectivity index (χ2n) is 5.55. The van der Waals surface area contributed by atoms with Crippen molar-refractivity contribution < 1.29 is 4.79 Å². The average molecular weight is 253 g/mol. The standard InChI is InChI=1S/C14H27N3O/c18-14(13-7-2-1-3-8-15-13)16-9-6-12-17-10-4-5-11-17/h13,15H,1-12H2,(H,16,18). The van der Waals surface area contributed by atoms with Gasteiger partial charge >= 0.3 is 0 Å². The minimum absolute atomic E-state index is 0.0549. The van der Waals surface area contributed by atoms with Gasteiger partial charge in [0.05, 0.1) is 6.04 Å². The molecule has 4 heteroatoms. The molecule has 18 heavy (non-hydrogen) atoms. The van der Waals surface area contributed by atoms with Gasteiger partial charge in [-0.25, -0.2) is 0 Å². The first-order valence-electron chi connectivity index (χ1n) is 7.60. The van der Waals surface area contributed by atoms with E-state index in [4.69, 9.17) is 0 Å². The Morgan fingerprint density at radius 2 is 2.00 bits per heavy atom. The minimum Gasteiger partial charge on any atom is -0.355 e. The summed E-state index contributed by atoms with van der Waals surface area (Å²) in [5.74, 6) is 0.207. The fraction of sp³-hybridized carbons (Fsp3) is 0.929. The van der Waals surface area contributed by atoms with Crippen molar-refractivity contribution in [3.8, 4) is 0 Å². The lowest BCUT2D eigenvalue weighted by molar-refractivity contribution is -0.123.